The summed E-state index contributed by atoms with van der Waals surface area (Å²) < 4.78 is 2.14. The van der Waals surface area contributed by atoms with E-state index in [4.69, 9.17) is 16.9 Å². The van der Waals surface area contributed by atoms with Gasteiger partial charge in [0.25, 0.3) is 5.91 Å². The zero-order chi connectivity index (χ0) is 19.5. The Morgan fingerprint density at radius 2 is 1.79 bits per heavy atom. The summed E-state index contributed by atoms with van der Waals surface area (Å²) in [5.41, 5.74) is 3.97. The highest BCUT2D eigenvalue weighted by Gasteiger charge is 2.23. The van der Waals surface area contributed by atoms with Crippen LogP contribution in [0.15, 0.2) is 60.7 Å². The Balaban J connectivity index is 1.53. The molecule has 4 rings (SSSR count). The molecule has 4 nitrogen and oxygen atoms in total. The van der Waals surface area contributed by atoms with Crippen LogP contribution in [0.5, 0.6) is 0 Å². The van der Waals surface area contributed by atoms with E-state index < -0.39 is 0 Å². The predicted octanol–water partition coefficient (Wildman–Crippen LogP) is 4.07. The molecular formula is C23H16ClN3O. The SMILES string of the molecule is N#Cc1cccc(C#Cc2ccc3n2CCN(C(=O)c2cccc(Cl)c2)C3)c1. The molecule has 0 saturated carbocycles. The van der Waals surface area contributed by atoms with Crippen LogP contribution in [0.2, 0.25) is 5.02 Å². The lowest BCUT2D eigenvalue weighted by atomic mass is 10.1. The molecule has 1 aromatic heterocycles. The summed E-state index contributed by atoms with van der Waals surface area (Å²) in [6.07, 6.45) is 0. The molecule has 1 aliphatic heterocycles. The van der Waals surface area contributed by atoms with E-state index in [0.717, 1.165) is 17.0 Å². The number of carbonyl (C=O) groups is 1. The zero-order valence-corrected chi connectivity index (χ0v) is 15.8. The second-order valence-electron chi connectivity index (χ2n) is 6.54. The molecule has 0 unspecified atom stereocenters. The van der Waals surface area contributed by atoms with Crippen molar-refractivity contribution in [1.29, 1.82) is 5.26 Å². The van der Waals surface area contributed by atoms with Gasteiger partial charge < -0.3 is 9.47 Å². The second-order valence-corrected chi connectivity index (χ2v) is 6.98. The maximum atomic E-state index is 12.7. The topological polar surface area (TPSA) is 49.0 Å². The van der Waals surface area contributed by atoms with Crippen LogP contribution < -0.4 is 0 Å². The molecule has 0 fully saturated rings. The summed E-state index contributed by atoms with van der Waals surface area (Å²) in [7, 11) is 0. The Morgan fingerprint density at radius 3 is 2.61 bits per heavy atom. The number of nitriles is 1. The van der Waals surface area contributed by atoms with Crippen LogP contribution in [0.4, 0.5) is 0 Å². The fourth-order valence-corrected chi connectivity index (χ4v) is 3.49. The molecule has 0 aliphatic carbocycles. The van der Waals surface area contributed by atoms with E-state index in [-0.39, 0.29) is 5.91 Å². The zero-order valence-electron chi connectivity index (χ0n) is 15.0. The first kappa shape index (κ1) is 17.9. The van der Waals surface area contributed by atoms with Crippen molar-refractivity contribution in [2.24, 2.45) is 0 Å². The second kappa shape index (κ2) is 7.64. The number of rotatable bonds is 1. The lowest BCUT2D eigenvalue weighted by Crippen LogP contribution is -2.38. The highest BCUT2D eigenvalue weighted by atomic mass is 35.5. The molecule has 2 aromatic carbocycles. The first-order valence-electron chi connectivity index (χ1n) is 8.89. The number of carbonyl (C=O) groups excluding carboxylic acids is 1. The van der Waals surface area contributed by atoms with Gasteiger partial charge in [0.2, 0.25) is 0 Å². The fourth-order valence-electron chi connectivity index (χ4n) is 3.30. The number of hydrogen-bond donors (Lipinski definition) is 0. The summed E-state index contributed by atoms with van der Waals surface area (Å²) >= 11 is 6.01. The minimum atomic E-state index is -0.0177. The molecule has 1 amide bonds. The van der Waals surface area contributed by atoms with E-state index >= 15 is 0 Å². The minimum absolute atomic E-state index is 0.0177. The van der Waals surface area contributed by atoms with Crippen molar-refractivity contribution in [3.05, 3.63) is 93.8 Å². The molecule has 28 heavy (non-hydrogen) atoms. The third-order valence-corrected chi connectivity index (χ3v) is 4.94. The predicted molar refractivity (Wildman–Crippen MR) is 108 cm³/mol. The van der Waals surface area contributed by atoms with E-state index in [0.29, 0.717) is 35.8 Å². The molecule has 136 valence electrons. The Bertz CT molecular complexity index is 1160. The van der Waals surface area contributed by atoms with Crippen LogP contribution in [-0.4, -0.2) is 21.9 Å². The normalized spacial score (nSPS) is 12.5. The molecule has 0 radical (unpaired) electrons. The Labute approximate surface area is 168 Å². The smallest absolute Gasteiger partial charge is 0.254 e. The van der Waals surface area contributed by atoms with Gasteiger partial charge in [0.05, 0.1) is 23.9 Å². The van der Waals surface area contributed by atoms with Gasteiger partial charge in [0.15, 0.2) is 0 Å². The maximum Gasteiger partial charge on any atom is 0.254 e. The van der Waals surface area contributed by atoms with Gasteiger partial charge in [0.1, 0.15) is 0 Å². The van der Waals surface area contributed by atoms with Crippen LogP contribution in [0.3, 0.4) is 0 Å². The standard InChI is InChI=1S/C23H16ClN3O/c24-20-6-2-5-19(14-20)23(28)26-11-12-27-21(9-10-22(27)16-26)8-7-17-3-1-4-18(13-17)15-25/h1-6,9-10,13-14H,11-12,16H2. The Kier molecular flexibility index (Phi) is 4.89. The fraction of sp³-hybridized carbons (Fsp3) is 0.130. The first-order chi connectivity index (χ1) is 13.6. The third-order valence-electron chi connectivity index (χ3n) is 4.70. The van der Waals surface area contributed by atoms with E-state index in [1.165, 1.54) is 0 Å². The van der Waals surface area contributed by atoms with Crippen LogP contribution in [0.25, 0.3) is 0 Å². The van der Waals surface area contributed by atoms with Crippen LogP contribution in [0.1, 0.15) is 32.9 Å². The molecule has 0 saturated heterocycles. The number of halogens is 1. The summed E-state index contributed by atoms with van der Waals surface area (Å²) in [5.74, 6) is 6.29. The van der Waals surface area contributed by atoms with Crippen molar-refractivity contribution in [2.45, 2.75) is 13.1 Å². The number of fused-ring (bicyclic) bond motifs is 1. The highest BCUT2D eigenvalue weighted by Crippen LogP contribution is 2.20. The molecule has 0 atom stereocenters. The van der Waals surface area contributed by atoms with Gasteiger partial charge in [-0.05, 0) is 54.5 Å². The van der Waals surface area contributed by atoms with Crippen LogP contribution in [-0.2, 0) is 13.1 Å². The van der Waals surface area contributed by atoms with Crippen molar-refractivity contribution < 1.29 is 4.79 Å². The van der Waals surface area contributed by atoms with Gasteiger partial charge in [-0.3, -0.25) is 4.79 Å². The molecular weight excluding hydrogens is 370 g/mol. The van der Waals surface area contributed by atoms with Gasteiger partial charge in [-0.1, -0.05) is 29.7 Å². The summed E-state index contributed by atoms with van der Waals surface area (Å²) in [6, 6.07) is 20.4. The van der Waals surface area contributed by atoms with Crippen LogP contribution in [0, 0.1) is 23.2 Å². The molecule has 0 N–H and O–H groups in total. The van der Waals surface area contributed by atoms with Gasteiger partial charge in [-0.25, -0.2) is 0 Å². The van der Waals surface area contributed by atoms with Gasteiger partial charge in [-0.15, -0.1) is 0 Å². The van der Waals surface area contributed by atoms with Crippen molar-refractivity contribution in [3.63, 3.8) is 0 Å². The maximum absolute atomic E-state index is 12.7. The van der Waals surface area contributed by atoms with Crippen LogP contribution >= 0.6 is 11.6 Å². The number of benzene rings is 2. The van der Waals surface area contributed by atoms with Gasteiger partial charge >= 0.3 is 0 Å². The van der Waals surface area contributed by atoms with E-state index in [9.17, 15) is 4.79 Å². The molecule has 2 heterocycles. The molecule has 0 spiro atoms. The Hall–Kier alpha value is -3.47. The lowest BCUT2D eigenvalue weighted by Gasteiger charge is -2.29. The van der Waals surface area contributed by atoms with Crippen molar-refractivity contribution >= 4 is 17.5 Å². The third kappa shape index (κ3) is 3.64. The van der Waals surface area contributed by atoms with Gasteiger partial charge in [-0.2, -0.15) is 5.26 Å². The quantitative estimate of drug-likeness (QED) is 0.593. The van der Waals surface area contributed by atoms with Crippen molar-refractivity contribution in [3.8, 4) is 17.9 Å². The van der Waals surface area contributed by atoms with E-state index in [1.54, 1.807) is 36.4 Å². The average molecular weight is 386 g/mol. The van der Waals surface area contributed by atoms with E-state index in [2.05, 4.69) is 22.5 Å². The molecule has 3 aromatic rings. The summed E-state index contributed by atoms with van der Waals surface area (Å²) in [6.45, 7) is 1.85. The number of hydrogen-bond acceptors (Lipinski definition) is 2. The molecule has 1 aliphatic rings. The highest BCUT2D eigenvalue weighted by molar-refractivity contribution is 6.30. The van der Waals surface area contributed by atoms with Crippen molar-refractivity contribution in [2.75, 3.05) is 6.54 Å². The number of aromatic nitrogens is 1. The van der Waals surface area contributed by atoms with E-state index in [1.807, 2.05) is 29.2 Å². The summed E-state index contributed by atoms with van der Waals surface area (Å²) in [5, 5.41) is 9.56. The monoisotopic (exact) mass is 385 g/mol. The average Bonchev–Trinajstić information content (AvgIpc) is 3.14. The molecule has 0 bridgehead atoms. The summed E-state index contributed by atoms with van der Waals surface area (Å²) in [4.78, 5) is 14.6. The largest absolute Gasteiger partial charge is 0.335 e. The lowest BCUT2D eigenvalue weighted by molar-refractivity contribution is 0.0711. The minimum Gasteiger partial charge on any atom is -0.335 e. The van der Waals surface area contributed by atoms with Gasteiger partial charge in [0, 0.05) is 34.9 Å². The number of amides is 1. The Morgan fingerprint density at radius 1 is 0.964 bits per heavy atom. The first-order valence-corrected chi connectivity index (χ1v) is 9.27. The number of nitrogens with zero attached hydrogens (tertiary/aromatic N) is 3. The van der Waals surface area contributed by atoms with Crippen molar-refractivity contribution in [1.82, 2.24) is 9.47 Å². The molecule has 5 heteroatoms.